The van der Waals surface area contributed by atoms with Crippen LogP contribution in [-0.2, 0) is 16.1 Å². The van der Waals surface area contributed by atoms with Gasteiger partial charge in [-0.1, -0.05) is 12.1 Å². The van der Waals surface area contributed by atoms with Gasteiger partial charge in [-0.05, 0) is 43.4 Å². The minimum Gasteiger partial charge on any atom is -0.497 e. The number of fused-ring (bicyclic) bond motifs is 1. The Balaban J connectivity index is 1.29. The second-order valence-electron chi connectivity index (χ2n) is 8.40. The molecule has 158 valence electrons. The van der Waals surface area contributed by atoms with Gasteiger partial charge in [-0.3, -0.25) is 14.5 Å². The van der Waals surface area contributed by atoms with Crippen LogP contribution >= 0.6 is 0 Å². The Morgan fingerprint density at radius 3 is 2.72 bits per heavy atom. The summed E-state index contributed by atoms with van der Waals surface area (Å²) in [6.45, 7) is 4.09. The Hall–Kier alpha value is -2.12. The summed E-state index contributed by atoms with van der Waals surface area (Å²) in [5.41, 5.74) is 1.20. The van der Waals surface area contributed by atoms with Crippen LogP contribution < -0.4 is 15.4 Å². The molecule has 0 radical (unpaired) electrons. The zero-order valence-corrected chi connectivity index (χ0v) is 17.2. The maximum Gasteiger partial charge on any atom is 0.237 e. The molecule has 3 saturated heterocycles. The van der Waals surface area contributed by atoms with E-state index in [4.69, 9.17) is 4.74 Å². The molecule has 0 aromatic heterocycles. The number of piperazine rings is 1. The largest absolute Gasteiger partial charge is 0.497 e. The summed E-state index contributed by atoms with van der Waals surface area (Å²) in [5.74, 6) is 1.25. The summed E-state index contributed by atoms with van der Waals surface area (Å²) in [4.78, 5) is 29.1. The van der Waals surface area contributed by atoms with Crippen molar-refractivity contribution in [2.24, 2.45) is 0 Å². The average Bonchev–Trinajstić information content (AvgIpc) is 3.43. The monoisotopic (exact) mass is 400 g/mol. The molecule has 2 amide bonds. The first-order valence-electron chi connectivity index (χ1n) is 10.8. The van der Waals surface area contributed by atoms with E-state index in [0.29, 0.717) is 13.0 Å². The van der Waals surface area contributed by atoms with Gasteiger partial charge in [-0.25, -0.2) is 0 Å². The number of hydrogen-bond acceptors (Lipinski definition) is 5. The Bertz CT molecular complexity index is 717. The Kier molecular flexibility index (Phi) is 6.35. The molecule has 0 bridgehead atoms. The summed E-state index contributed by atoms with van der Waals surface area (Å²) in [5, 5.41) is 6.66. The Morgan fingerprint density at radius 1 is 1.24 bits per heavy atom. The molecule has 0 saturated carbocycles. The van der Waals surface area contributed by atoms with Gasteiger partial charge in [0.05, 0.1) is 13.2 Å². The molecule has 3 fully saturated rings. The molecule has 0 unspecified atom stereocenters. The van der Waals surface area contributed by atoms with Gasteiger partial charge in [0, 0.05) is 51.2 Å². The number of rotatable bonds is 7. The van der Waals surface area contributed by atoms with Crippen molar-refractivity contribution in [3.05, 3.63) is 29.8 Å². The number of benzene rings is 1. The molecule has 4 rings (SSSR count). The van der Waals surface area contributed by atoms with Crippen molar-refractivity contribution in [3.63, 3.8) is 0 Å². The first kappa shape index (κ1) is 20.2. The van der Waals surface area contributed by atoms with Crippen LogP contribution in [0.2, 0.25) is 0 Å². The number of nitrogens with one attached hydrogen (secondary N) is 2. The summed E-state index contributed by atoms with van der Waals surface area (Å²) in [6, 6.07) is 8.51. The van der Waals surface area contributed by atoms with Gasteiger partial charge in [0.25, 0.3) is 0 Å². The molecule has 0 spiro atoms. The lowest BCUT2D eigenvalue weighted by Crippen LogP contribution is -2.58. The van der Waals surface area contributed by atoms with E-state index >= 15 is 0 Å². The first-order valence-corrected chi connectivity index (χ1v) is 10.8. The fourth-order valence-corrected chi connectivity index (χ4v) is 4.81. The van der Waals surface area contributed by atoms with E-state index in [9.17, 15) is 9.59 Å². The molecule has 3 atom stereocenters. The molecular weight excluding hydrogens is 368 g/mol. The number of carbonyl (C=O) groups is 2. The third-order valence-corrected chi connectivity index (χ3v) is 6.53. The van der Waals surface area contributed by atoms with Crippen LogP contribution in [0.5, 0.6) is 5.75 Å². The van der Waals surface area contributed by atoms with Gasteiger partial charge < -0.3 is 20.3 Å². The maximum atomic E-state index is 12.4. The van der Waals surface area contributed by atoms with E-state index in [2.05, 4.69) is 27.7 Å². The molecule has 3 aliphatic heterocycles. The highest BCUT2D eigenvalue weighted by Gasteiger charge is 2.43. The normalized spacial score (nSPS) is 27.0. The quantitative estimate of drug-likeness (QED) is 0.718. The van der Waals surface area contributed by atoms with Gasteiger partial charge in [-0.2, -0.15) is 0 Å². The number of hydrogen-bond donors (Lipinski definition) is 2. The van der Waals surface area contributed by atoms with E-state index < -0.39 is 0 Å². The van der Waals surface area contributed by atoms with Crippen LogP contribution in [0.1, 0.15) is 37.7 Å². The van der Waals surface area contributed by atoms with E-state index in [-0.39, 0.29) is 29.9 Å². The first-order chi connectivity index (χ1) is 14.1. The minimum absolute atomic E-state index is 0.0796. The van der Waals surface area contributed by atoms with Crippen LogP contribution in [-0.4, -0.2) is 73.0 Å². The summed E-state index contributed by atoms with van der Waals surface area (Å²) in [6.07, 6.45) is 4.46. The highest BCUT2D eigenvalue weighted by atomic mass is 16.5. The van der Waals surface area contributed by atoms with Crippen molar-refractivity contribution in [1.29, 1.82) is 0 Å². The van der Waals surface area contributed by atoms with Crippen LogP contribution in [0.25, 0.3) is 0 Å². The van der Waals surface area contributed by atoms with E-state index in [1.54, 1.807) is 7.11 Å². The molecule has 2 N–H and O–H groups in total. The van der Waals surface area contributed by atoms with Gasteiger partial charge in [0.2, 0.25) is 11.8 Å². The Labute approximate surface area is 172 Å². The number of ether oxygens (including phenoxy) is 1. The van der Waals surface area contributed by atoms with Gasteiger partial charge in [0.1, 0.15) is 5.75 Å². The van der Waals surface area contributed by atoms with E-state index in [0.717, 1.165) is 57.6 Å². The third kappa shape index (κ3) is 4.73. The molecule has 0 aliphatic carbocycles. The zero-order valence-electron chi connectivity index (χ0n) is 17.2. The molecule has 1 aromatic carbocycles. The van der Waals surface area contributed by atoms with Crippen LogP contribution in [0.15, 0.2) is 24.3 Å². The number of methoxy groups -OCH3 is 1. The smallest absolute Gasteiger partial charge is 0.237 e. The number of likely N-dealkylation sites (tertiary alicyclic amines) is 1. The third-order valence-electron chi connectivity index (χ3n) is 6.53. The zero-order chi connectivity index (χ0) is 20.2. The van der Waals surface area contributed by atoms with Gasteiger partial charge >= 0.3 is 0 Å². The van der Waals surface area contributed by atoms with Crippen LogP contribution in [0.4, 0.5) is 0 Å². The van der Waals surface area contributed by atoms with Gasteiger partial charge in [-0.15, -0.1) is 0 Å². The van der Waals surface area contributed by atoms with Gasteiger partial charge in [0.15, 0.2) is 0 Å². The van der Waals surface area contributed by atoms with Crippen molar-refractivity contribution in [2.45, 2.75) is 56.8 Å². The summed E-state index contributed by atoms with van der Waals surface area (Å²) in [7, 11) is 1.67. The minimum atomic E-state index is -0.0796. The van der Waals surface area contributed by atoms with Crippen molar-refractivity contribution in [3.8, 4) is 5.75 Å². The molecular formula is C22H32N4O3. The van der Waals surface area contributed by atoms with Crippen LogP contribution in [0.3, 0.4) is 0 Å². The second-order valence-corrected chi connectivity index (χ2v) is 8.40. The predicted molar refractivity (Wildman–Crippen MR) is 111 cm³/mol. The van der Waals surface area contributed by atoms with Crippen molar-refractivity contribution >= 4 is 11.8 Å². The van der Waals surface area contributed by atoms with Crippen molar-refractivity contribution in [1.82, 2.24) is 20.4 Å². The molecule has 29 heavy (non-hydrogen) atoms. The van der Waals surface area contributed by atoms with E-state index in [1.807, 2.05) is 17.0 Å². The highest BCUT2D eigenvalue weighted by molar-refractivity contribution is 5.83. The SMILES string of the molecule is COc1ccc(CN[C@H]2C[C@H]3C(=O)NC[C@@H](CCC(=O)N4CCCC4)N3C2)cc1. The molecule has 1 aromatic rings. The predicted octanol–water partition coefficient (Wildman–Crippen LogP) is 1.13. The maximum absolute atomic E-state index is 12.4. The number of nitrogens with zero attached hydrogens (tertiary/aromatic N) is 2. The average molecular weight is 401 g/mol. The molecule has 3 aliphatic rings. The number of amides is 2. The lowest BCUT2D eigenvalue weighted by atomic mass is 10.0. The molecule has 7 nitrogen and oxygen atoms in total. The van der Waals surface area contributed by atoms with Crippen molar-refractivity contribution < 1.29 is 14.3 Å². The fraction of sp³-hybridized carbons (Fsp3) is 0.636. The topological polar surface area (TPSA) is 73.9 Å². The molecule has 7 heteroatoms. The molecule has 3 heterocycles. The van der Waals surface area contributed by atoms with Crippen LogP contribution in [0, 0.1) is 0 Å². The Morgan fingerprint density at radius 2 is 2.00 bits per heavy atom. The van der Waals surface area contributed by atoms with Crippen molar-refractivity contribution in [2.75, 3.05) is 33.3 Å². The fourth-order valence-electron chi connectivity index (χ4n) is 4.81. The lowest BCUT2D eigenvalue weighted by Gasteiger charge is -2.37. The number of carbonyl (C=O) groups excluding carboxylic acids is 2. The second kappa shape index (κ2) is 9.13. The lowest BCUT2D eigenvalue weighted by molar-refractivity contribution is -0.131. The summed E-state index contributed by atoms with van der Waals surface area (Å²) < 4.78 is 5.21. The highest BCUT2D eigenvalue weighted by Crippen LogP contribution is 2.26. The standard InChI is InChI=1S/C22H32N4O3/c1-29-19-7-4-16(5-8-19)13-23-17-12-20-22(28)24-14-18(26(20)15-17)6-9-21(27)25-10-2-3-11-25/h4-5,7-8,17-18,20,23H,2-3,6,9-15H2,1H3,(H,24,28)/t17-,18+,20-/m0/s1. The van der Waals surface area contributed by atoms with E-state index in [1.165, 1.54) is 5.56 Å². The summed E-state index contributed by atoms with van der Waals surface area (Å²) >= 11 is 0.